The molecule has 1 N–H and O–H groups in total. The van der Waals surface area contributed by atoms with Gasteiger partial charge in [-0.3, -0.25) is 9.36 Å². The van der Waals surface area contributed by atoms with Crippen molar-refractivity contribution in [3.05, 3.63) is 65.5 Å². The molecule has 3 rings (SSSR count). The predicted octanol–water partition coefficient (Wildman–Crippen LogP) is 4.49. The van der Waals surface area contributed by atoms with Crippen LogP contribution in [-0.4, -0.2) is 45.7 Å². The number of nitrogens with zero attached hydrogens (tertiary/aromatic N) is 3. The first-order valence-corrected chi connectivity index (χ1v) is 12.1. The van der Waals surface area contributed by atoms with Gasteiger partial charge in [-0.25, -0.2) is 0 Å². The Bertz CT molecular complexity index is 1020. The largest absolute Gasteiger partial charge is 0.485 e. The Hall–Kier alpha value is -2.84. The summed E-state index contributed by atoms with van der Waals surface area (Å²) in [6, 6.07) is 16.0. The summed E-state index contributed by atoms with van der Waals surface area (Å²) < 4.78 is 13.4. The first kappa shape index (κ1) is 24.8. The molecular weight excluding hydrogens is 436 g/mol. The van der Waals surface area contributed by atoms with Crippen LogP contribution in [0.2, 0.25) is 0 Å². The number of benzene rings is 2. The van der Waals surface area contributed by atoms with Gasteiger partial charge >= 0.3 is 0 Å². The zero-order valence-electron chi connectivity index (χ0n) is 19.7. The van der Waals surface area contributed by atoms with Crippen LogP contribution in [0, 0.1) is 13.8 Å². The Kier molecular flexibility index (Phi) is 9.33. The number of carbonyl (C=O) groups excluding carboxylic acids is 1. The van der Waals surface area contributed by atoms with Gasteiger partial charge in [0.1, 0.15) is 12.4 Å². The van der Waals surface area contributed by atoms with E-state index in [9.17, 15) is 4.79 Å². The second-order valence-electron chi connectivity index (χ2n) is 7.68. The Morgan fingerprint density at radius 3 is 2.52 bits per heavy atom. The van der Waals surface area contributed by atoms with E-state index >= 15 is 0 Å². The van der Waals surface area contributed by atoms with E-state index in [1.807, 2.05) is 80.8 Å². The lowest BCUT2D eigenvalue weighted by atomic mass is 10.1. The van der Waals surface area contributed by atoms with Crippen molar-refractivity contribution in [1.82, 2.24) is 20.1 Å². The number of hydrogen-bond acceptors (Lipinski definition) is 6. The van der Waals surface area contributed by atoms with Crippen molar-refractivity contribution in [2.75, 3.05) is 19.8 Å². The first-order valence-electron chi connectivity index (χ1n) is 11.2. The van der Waals surface area contributed by atoms with E-state index < -0.39 is 0 Å². The minimum atomic E-state index is -0.323. The lowest BCUT2D eigenvalue weighted by molar-refractivity contribution is -0.120. The van der Waals surface area contributed by atoms with Gasteiger partial charge in [0.05, 0.1) is 5.25 Å². The molecule has 33 heavy (non-hydrogen) atoms. The molecule has 1 unspecified atom stereocenters. The maximum absolute atomic E-state index is 12.6. The Morgan fingerprint density at radius 2 is 1.82 bits per heavy atom. The summed E-state index contributed by atoms with van der Waals surface area (Å²) in [5.74, 6) is 1.50. The van der Waals surface area contributed by atoms with Crippen molar-refractivity contribution in [1.29, 1.82) is 0 Å². The van der Waals surface area contributed by atoms with Crippen molar-refractivity contribution in [2.24, 2.45) is 0 Å². The number of rotatable bonds is 12. The van der Waals surface area contributed by atoms with Crippen LogP contribution in [0.25, 0.3) is 5.69 Å². The molecule has 0 aliphatic rings. The highest BCUT2D eigenvalue weighted by molar-refractivity contribution is 8.00. The number of hydrogen-bond donors (Lipinski definition) is 1. The minimum absolute atomic E-state index is 0.0348. The number of amides is 1. The standard InChI is InChI=1S/C25H32N4O3S/c1-5-31-16-10-15-26-24(30)20(4)33-25-28-27-22(29(25)21-13-7-6-8-14-21)17-32-23-18(2)11-9-12-19(23)3/h6-9,11-14,20H,5,10,15-17H2,1-4H3,(H,26,30). The molecule has 7 nitrogen and oxygen atoms in total. The number of ether oxygens (including phenoxy) is 2. The molecule has 0 radical (unpaired) electrons. The maximum atomic E-state index is 12.6. The molecule has 0 aliphatic carbocycles. The fourth-order valence-electron chi connectivity index (χ4n) is 3.36. The third-order valence-electron chi connectivity index (χ3n) is 5.09. The minimum Gasteiger partial charge on any atom is -0.485 e. The van der Waals surface area contributed by atoms with E-state index in [0.29, 0.717) is 30.7 Å². The highest BCUT2D eigenvalue weighted by Gasteiger charge is 2.21. The molecular formula is C25H32N4O3S. The van der Waals surface area contributed by atoms with E-state index in [0.717, 1.165) is 29.0 Å². The lowest BCUT2D eigenvalue weighted by Crippen LogP contribution is -2.32. The zero-order valence-corrected chi connectivity index (χ0v) is 20.5. The number of nitrogens with one attached hydrogen (secondary N) is 1. The summed E-state index contributed by atoms with van der Waals surface area (Å²) in [6.07, 6.45) is 0.789. The Morgan fingerprint density at radius 1 is 1.09 bits per heavy atom. The van der Waals surface area contributed by atoms with Crippen molar-refractivity contribution >= 4 is 17.7 Å². The second kappa shape index (κ2) is 12.4. The van der Waals surface area contributed by atoms with Crippen molar-refractivity contribution in [2.45, 2.75) is 51.1 Å². The van der Waals surface area contributed by atoms with Gasteiger partial charge in [0.25, 0.3) is 0 Å². The zero-order chi connectivity index (χ0) is 23.6. The van der Waals surface area contributed by atoms with Gasteiger partial charge in [0.2, 0.25) is 5.91 Å². The molecule has 0 fully saturated rings. The molecule has 176 valence electrons. The molecule has 8 heteroatoms. The lowest BCUT2D eigenvalue weighted by Gasteiger charge is -2.15. The third kappa shape index (κ3) is 6.82. The van der Waals surface area contributed by atoms with E-state index in [1.165, 1.54) is 11.8 Å². The highest BCUT2D eigenvalue weighted by atomic mass is 32.2. The fraction of sp³-hybridized carbons (Fsp3) is 0.400. The van der Waals surface area contributed by atoms with Gasteiger partial charge in [-0.15, -0.1) is 10.2 Å². The Balaban J connectivity index is 1.74. The van der Waals surface area contributed by atoms with Crippen LogP contribution in [0.15, 0.2) is 53.7 Å². The summed E-state index contributed by atoms with van der Waals surface area (Å²) in [5.41, 5.74) is 3.07. The van der Waals surface area contributed by atoms with E-state index in [-0.39, 0.29) is 17.8 Å². The van der Waals surface area contributed by atoms with Crippen LogP contribution < -0.4 is 10.1 Å². The molecule has 0 saturated carbocycles. The molecule has 1 amide bonds. The summed E-state index contributed by atoms with van der Waals surface area (Å²) >= 11 is 1.38. The maximum Gasteiger partial charge on any atom is 0.233 e. The normalized spacial score (nSPS) is 11.9. The van der Waals surface area contributed by atoms with Gasteiger partial charge in [-0.05, 0) is 57.4 Å². The van der Waals surface area contributed by atoms with Crippen LogP contribution in [0.4, 0.5) is 0 Å². The van der Waals surface area contributed by atoms with E-state index in [2.05, 4.69) is 15.5 Å². The molecule has 1 atom stereocenters. The van der Waals surface area contributed by atoms with Crippen LogP contribution in [0.5, 0.6) is 5.75 Å². The van der Waals surface area contributed by atoms with E-state index in [4.69, 9.17) is 9.47 Å². The van der Waals surface area contributed by atoms with Gasteiger partial charge in [0, 0.05) is 25.4 Å². The smallest absolute Gasteiger partial charge is 0.233 e. The van der Waals surface area contributed by atoms with Crippen LogP contribution in [-0.2, 0) is 16.1 Å². The first-order chi connectivity index (χ1) is 16.0. The molecule has 0 bridgehead atoms. The summed E-state index contributed by atoms with van der Waals surface area (Å²) in [6.45, 7) is 10.1. The average Bonchev–Trinajstić information content (AvgIpc) is 3.21. The quantitative estimate of drug-likeness (QED) is 0.312. The van der Waals surface area contributed by atoms with Crippen LogP contribution in [0.3, 0.4) is 0 Å². The summed E-state index contributed by atoms with van der Waals surface area (Å²) in [4.78, 5) is 12.6. The van der Waals surface area contributed by atoms with Gasteiger partial charge in [-0.2, -0.15) is 0 Å². The van der Waals surface area contributed by atoms with Crippen LogP contribution in [0.1, 0.15) is 37.2 Å². The van der Waals surface area contributed by atoms with Gasteiger partial charge in [-0.1, -0.05) is 48.2 Å². The molecule has 0 aliphatic heterocycles. The molecule has 2 aromatic carbocycles. The third-order valence-corrected chi connectivity index (χ3v) is 6.13. The number of aromatic nitrogens is 3. The highest BCUT2D eigenvalue weighted by Crippen LogP contribution is 2.28. The van der Waals surface area contributed by atoms with Crippen molar-refractivity contribution in [3.8, 4) is 11.4 Å². The topological polar surface area (TPSA) is 78.3 Å². The fourth-order valence-corrected chi connectivity index (χ4v) is 4.27. The average molecular weight is 469 g/mol. The predicted molar refractivity (Wildman–Crippen MR) is 131 cm³/mol. The second-order valence-corrected chi connectivity index (χ2v) is 8.99. The molecule has 0 spiro atoms. The number of aryl methyl sites for hydroxylation is 2. The number of thioether (sulfide) groups is 1. The monoisotopic (exact) mass is 468 g/mol. The number of carbonyl (C=O) groups is 1. The molecule has 3 aromatic rings. The molecule has 1 heterocycles. The molecule has 0 saturated heterocycles. The SMILES string of the molecule is CCOCCCNC(=O)C(C)Sc1nnc(COc2c(C)cccc2C)n1-c1ccccc1. The van der Waals surface area contributed by atoms with Crippen molar-refractivity contribution in [3.63, 3.8) is 0 Å². The number of para-hydroxylation sites is 2. The van der Waals surface area contributed by atoms with Crippen molar-refractivity contribution < 1.29 is 14.3 Å². The Labute approximate surface area is 199 Å². The van der Waals surface area contributed by atoms with Crippen LogP contribution >= 0.6 is 11.8 Å². The van der Waals surface area contributed by atoms with Gasteiger partial charge < -0.3 is 14.8 Å². The van der Waals surface area contributed by atoms with E-state index in [1.54, 1.807) is 0 Å². The summed E-state index contributed by atoms with van der Waals surface area (Å²) in [7, 11) is 0. The van der Waals surface area contributed by atoms with Gasteiger partial charge in [0.15, 0.2) is 11.0 Å². The molecule has 1 aromatic heterocycles. The summed E-state index contributed by atoms with van der Waals surface area (Å²) in [5, 5.41) is 12.1.